The van der Waals surface area contributed by atoms with Crippen LogP contribution in [0.25, 0.3) is 17.2 Å². The average molecular weight is 396 g/mol. The molecule has 0 bridgehead atoms. The molecule has 0 saturated heterocycles. The number of pyridine rings is 1. The van der Waals surface area contributed by atoms with Crippen molar-refractivity contribution in [2.45, 2.75) is 6.92 Å². The Bertz CT molecular complexity index is 1140. The lowest BCUT2D eigenvalue weighted by molar-refractivity contribution is 0.396. The quantitative estimate of drug-likeness (QED) is 0.553. The van der Waals surface area contributed by atoms with Crippen molar-refractivity contribution >= 4 is 23.2 Å². The molecule has 0 aliphatic rings. The lowest BCUT2D eigenvalue weighted by atomic mass is 10.3. The lowest BCUT2D eigenvalue weighted by Gasteiger charge is -2.08. The summed E-state index contributed by atoms with van der Waals surface area (Å²) in [7, 11) is 3.39. The van der Waals surface area contributed by atoms with Crippen LogP contribution in [-0.2, 0) is 7.05 Å². The third-order valence-electron chi connectivity index (χ3n) is 4.10. The van der Waals surface area contributed by atoms with Crippen molar-refractivity contribution in [3.05, 3.63) is 59.6 Å². The van der Waals surface area contributed by atoms with E-state index in [0.29, 0.717) is 28.4 Å². The Morgan fingerprint density at radius 3 is 2.71 bits per heavy atom. The number of methoxy groups -OCH3 is 1. The highest BCUT2D eigenvalue weighted by atomic mass is 35.5. The summed E-state index contributed by atoms with van der Waals surface area (Å²) in [5.74, 6) is 1.53. The fraction of sp³-hybridized carbons (Fsp3) is 0.158. The van der Waals surface area contributed by atoms with Gasteiger partial charge >= 0.3 is 0 Å². The van der Waals surface area contributed by atoms with E-state index in [1.807, 2.05) is 61.1 Å². The molecule has 0 saturated carbocycles. The Balaban J connectivity index is 1.66. The van der Waals surface area contributed by atoms with Crippen molar-refractivity contribution < 1.29 is 4.74 Å². The summed E-state index contributed by atoms with van der Waals surface area (Å²) in [5, 5.41) is 8.30. The van der Waals surface area contributed by atoms with E-state index >= 15 is 0 Å². The first-order chi connectivity index (χ1) is 13.5. The van der Waals surface area contributed by atoms with Crippen LogP contribution in [0.4, 0.5) is 11.6 Å². The van der Waals surface area contributed by atoms with Crippen LogP contribution in [-0.4, -0.2) is 36.4 Å². The van der Waals surface area contributed by atoms with Gasteiger partial charge in [0.15, 0.2) is 0 Å². The third kappa shape index (κ3) is 3.54. The molecule has 0 aliphatic heterocycles. The summed E-state index contributed by atoms with van der Waals surface area (Å²) in [5.41, 5.74) is 3.13. The largest absolute Gasteiger partial charge is 0.479 e. The van der Waals surface area contributed by atoms with Crippen molar-refractivity contribution in [3.63, 3.8) is 0 Å². The fourth-order valence-corrected chi connectivity index (χ4v) is 2.94. The SMILES string of the molecule is COc1nc(-c2nc(Nc3cccc(Cl)c3)n(C)n2)ccc1-n1cnc(C)c1. The smallest absolute Gasteiger partial charge is 0.238 e. The van der Waals surface area contributed by atoms with Gasteiger partial charge in [0.2, 0.25) is 17.7 Å². The van der Waals surface area contributed by atoms with Crippen LogP contribution in [0.5, 0.6) is 5.88 Å². The molecule has 0 radical (unpaired) electrons. The molecule has 3 aromatic heterocycles. The Hall–Kier alpha value is -3.39. The molecule has 3 heterocycles. The van der Waals surface area contributed by atoms with Crippen LogP contribution in [0.1, 0.15) is 5.69 Å². The van der Waals surface area contributed by atoms with E-state index in [4.69, 9.17) is 16.3 Å². The van der Waals surface area contributed by atoms with Gasteiger partial charge in [-0.25, -0.2) is 14.6 Å². The normalized spacial score (nSPS) is 10.9. The number of ether oxygens (including phenoxy) is 1. The predicted molar refractivity (Wildman–Crippen MR) is 107 cm³/mol. The van der Waals surface area contributed by atoms with Gasteiger partial charge in [0, 0.05) is 24.0 Å². The average Bonchev–Trinajstić information content (AvgIpc) is 3.27. The minimum Gasteiger partial charge on any atom is -0.479 e. The number of hydrogen-bond acceptors (Lipinski definition) is 6. The maximum atomic E-state index is 6.04. The topological polar surface area (TPSA) is 82.7 Å². The number of imidazole rings is 1. The Kier molecular flexibility index (Phi) is 4.70. The number of anilines is 2. The van der Waals surface area contributed by atoms with E-state index in [1.54, 1.807) is 18.1 Å². The number of hydrogen-bond donors (Lipinski definition) is 1. The van der Waals surface area contributed by atoms with Crippen LogP contribution in [0, 0.1) is 6.92 Å². The summed E-state index contributed by atoms with van der Waals surface area (Å²) in [6.45, 7) is 1.93. The minimum atomic E-state index is 0.465. The van der Waals surface area contributed by atoms with Crippen LogP contribution in [0.2, 0.25) is 5.02 Å². The molecule has 1 aromatic carbocycles. The molecule has 28 heavy (non-hydrogen) atoms. The van der Waals surface area contributed by atoms with Gasteiger partial charge in [-0.1, -0.05) is 17.7 Å². The number of aromatic nitrogens is 6. The molecule has 142 valence electrons. The molecule has 8 nitrogen and oxygen atoms in total. The molecule has 0 fully saturated rings. The van der Waals surface area contributed by atoms with Gasteiger partial charge in [-0.15, -0.1) is 5.10 Å². The highest BCUT2D eigenvalue weighted by Crippen LogP contribution is 2.26. The monoisotopic (exact) mass is 395 g/mol. The van der Waals surface area contributed by atoms with E-state index in [9.17, 15) is 0 Å². The summed E-state index contributed by atoms with van der Waals surface area (Å²) in [6.07, 6.45) is 3.63. The first kappa shape index (κ1) is 18.0. The second-order valence-corrected chi connectivity index (χ2v) is 6.60. The first-order valence-electron chi connectivity index (χ1n) is 8.53. The van der Waals surface area contributed by atoms with Crippen molar-refractivity contribution in [3.8, 4) is 23.1 Å². The van der Waals surface area contributed by atoms with Crippen molar-refractivity contribution in [1.82, 2.24) is 29.3 Å². The van der Waals surface area contributed by atoms with Crippen molar-refractivity contribution in [2.24, 2.45) is 7.05 Å². The van der Waals surface area contributed by atoms with E-state index in [1.165, 1.54) is 0 Å². The number of benzene rings is 1. The number of halogens is 1. The lowest BCUT2D eigenvalue weighted by Crippen LogP contribution is -2.00. The van der Waals surface area contributed by atoms with Gasteiger partial charge in [-0.2, -0.15) is 4.98 Å². The maximum absolute atomic E-state index is 6.04. The summed E-state index contributed by atoms with van der Waals surface area (Å²) in [4.78, 5) is 13.4. The first-order valence-corrected chi connectivity index (χ1v) is 8.91. The third-order valence-corrected chi connectivity index (χ3v) is 4.33. The van der Waals surface area contributed by atoms with E-state index in [-0.39, 0.29) is 0 Å². The summed E-state index contributed by atoms with van der Waals surface area (Å²) < 4.78 is 8.98. The number of rotatable bonds is 5. The Morgan fingerprint density at radius 2 is 2.00 bits per heavy atom. The second kappa shape index (κ2) is 7.32. The molecule has 1 N–H and O–H groups in total. The van der Waals surface area contributed by atoms with Crippen molar-refractivity contribution in [2.75, 3.05) is 12.4 Å². The Labute approximate surface area is 166 Å². The number of aryl methyl sites for hydroxylation is 2. The fourth-order valence-electron chi connectivity index (χ4n) is 2.75. The molecule has 0 aliphatic carbocycles. The van der Waals surface area contributed by atoms with Crippen LogP contribution < -0.4 is 10.1 Å². The predicted octanol–water partition coefficient (Wildman–Crippen LogP) is 3.78. The zero-order chi connectivity index (χ0) is 19.7. The molecule has 0 atom stereocenters. The van der Waals surface area contributed by atoms with Gasteiger partial charge < -0.3 is 14.6 Å². The van der Waals surface area contributed by atoms with E-state index in [0.717, 1.165) is 17.1 Å². The minimum absolute atomic E-state index is 0.465. The van der Waals surface area contributed by atoms with Crippen molar-refractivity contribution in [1.29, 1.82) is 0 Å². The van der Waals surface area contributed by atoms with Crippen LogP contribution in [0.15, 0.2) is 48.9 Å². The van der Waals surface area contributed by atoms with Crippen LogP contribution >= 0.6 is 11.6 Å². The van der Waals surface area contributed by atoms with Gasteiger partial charge in [-0.05, 0) is 37.3 Å². The highest BCUT2D eigenvalue weighted by Gasteiger charge is 2.15. The number of nitrogens with one attached hydrogen (secondary N) is 1. The van der Waals surface area contributed by atoms with E-state index < -0.39 is 0 Å². The molecule has 4 rings (SSSR count). The number of nitrogens with zero attached hydrogens (tertiary/aromatic N) is 6. The molecule has 0 amide bonds. The molecule has 9 heteroatoms. The summed E-state index contributed by atoms with van der Waals surface area (Å²) >= 11 is 6.04. The summed E-state index contributed by atoms with van der Waals surface area (Å²) in [6, 6.07) is 11.2. The van der Waals surface area contributed by atoms with Gasteiger partial charge in [-0.3, -0.25) is 0 Å². The second-order valence-electron chi connectivity index (χ2n) is 6.17. The Morgan fingerprint density at radius 1 is 1.14 bits per heavy atom. The maximum Gasteiger partial charge on any atom is 0.238 e. The molecule has 0 spiro atoms. The van der Waals surface area contributed by atoms with Gasteiger partial charge in [0.25, 0.3) is 0 Å². The highest BCUT2D eigenvalue weighted by molar-refractivity contribution is 6.30. The van der Waals surface area contributed by atoms with Gasteiger partial charge in [0.1, 0.15) is 11.4 Å². The molecular weight excluding hydrogens is 378 g/mol. The standard InChI is InChI=1S/C19H18ClN7O/c1-12-10-27(11-21-12)16-8-7-15(23-18(16)28-3)17-24-19(26(2)25-17)22-14-6-4-5-13(20)9-14/h4-11H,1-3H3,(H,22,24,25). The molecule has 0 unspecified atom stereocenters. The molecular formula is C19H18ClN7O. The molecule has 4 aromatic rings. The zero-order valence-electron chi connectivity index (χ0n) is 15.6. The zero-order valence-corrected chi connectivity index (χ0v) is 16.3. The van der Waals surface area contributed by atoms with E-state index in [2.05, 4.69) is 25.4 Å². The van der Waals surface area contributed by atoms with Gasteiger partial charge in [0.05, 0.1) is 19.1 Å². The van der Waals surface area contributed by atoms with Crippen LogP contribution in [0.3, 0.4) is 0 Å².